The maximum Gasteiger partial charge on any atom is 0.322 e. The Kier molecular flexibility index (Phi) is 5.68. The SMILES string of the molecule is COCC[C@@H]1CCCCN1C(=O)Nc1ccc(Cl)cc1. The van der Waals surface area contributed by atoms with E-state index in [-0.39, 0.29) is 12.1 Å². The second-order valence-corrected chi connectivity index (χ2v) is 5.50. The van der Waals surface area contributed by atoms with Crippen molar-refractivity contribution in [1.82, 2.24) is 4.90 Å². The molecule has 0 bridgehead atoms. The average molecular weight is 297 g/mol. The van der Waals surface area contributed by atoms with Gasteiger partial charge in [-0.3, -0.25) is 0 Å². The Morgan fingerprint density at radius 1 is 1.40 bits per heavy atom. The van der Waals surface area contributed by atoms with E-state index in [2.05, 4.69) is 5.32 Å². The van der Waals surface area contributed by atoms with Crippen LogP contribution in [0.2, 0.25) is 5.02 Å². The third kappa shape index (κ3) is 4.12. The molecule has 0 radical (unpaired) electrons. The van der Waals surface area contributed by atoms with Crippen molar-refractivity contribution in [2.45, 2.75) is 31.7 Å². The molecule has 0 spiro atoms. The Hall–Kier alpha value is -1.26. The van der Waals surface area contributed by atoms with Crippen molar-refractivity contribution < 1.29 is 9.53 Å². The lowest BCUT2D eigenvalue weighted by atomic mass is 10.00. The lowest BCUT2D eigenvalue weighted by Crippen LogP contribution is -2.46. The van der Waals surface area contributed by atoms with E-state index in [1.807, 2.05) is 17.0 Å². The highest BCUT2D eigenvalue weighted by atomic mass is 35.5. The molecule has 2 rings (SSSR count). The van der Waals surface area contributed by atoms with Gasteiger partial charge in [0.2, 0.25) is 0 Å². The van der Waals surface area contributed by atoms with Gasteiger partial charge in [0.05, 0.1) is 0 Å². The zero-order valence-corrected chi connectivity index (χ0v) is 12.5. The first-order valence-electron chi connectivity index (χ1n) is 7.03. The van der Waals surface area contributed by atoms with Gasteiger partial charge in [-0.1, -0.05) is 11.6 Å². The number of amides is 2. The summed E-state index contributed by atoms with van der Waals surface area (Å²) in [6.07, 6.45) is 4.19. The van der Waals surface area contributed by atoms with Gasteiger partial charge in [-0.05, 0) is 49.9 Å². The number of carbonyl (C=O) groups excluding carboxylic acids is 1. The predicted octanol–water partition coefficient (Wildman–Crippen LogP) is 3.76. The maximum absolute atomic E-state index is 12.4. The van der Waals surface area contributed by atoms with Crippen molar-refractivity contribution in [2.75, 3.05) is 25.6 Å². The third-order valence-electron chi connectivity index (χ3n) is 3.64. The van der Waals surface area contributed by atoms with E-state index in [9.17, 15) is 4.79 Å². The molecule has 1 N–H and O–H groups in total. The molecule has 1 aliphatic heterocycles. The topological polar surface area (TPSA) is 41.6 Å². The summed E-state index contributed by atoms with van der Waals surface area (Å²) in [5, 5.41) is 3.60. The van der Waals surface area contributed by atoms with Gasteiger partial charge in [-0.15, -0.1) is 0 Å². The van der Waals surface area contributed by atoms with Gasteiger partial charge in [-0.25, -0.2) is 4.79 Å². The van der Waals surface area contributed by atoms with E-state index >= 15 is 0 Å². The van der Waals surface area contributed by atoms with E-state index in [1.54, 1.807) is 19.2 Å². The number of nitrogens with one attached hydrogen (secondary N) is 1. The van der Waals surface area contributed by atoms with Crippen LogP contribution in [0, 0.1) is 0 Å². The number of urea groups is 1. The van der Waals surface area contributed by atoms with Crippen LogP contribution in [0.15, 0.2) is 24.3 Å². The monoisotopic (exact) mass is 296 g/mol. The minimum Gasteiger partial charge on any atom is -0.385 e. The van der Waals surface area contributed by atoms with Crippen molar-refractivity contribution in [2.24, 2.45) is 0 Å². The first-order valence-corrected chi connectivity index (χ1v) is 7.40. The zero-order valence-electron chi connectivity index (χ0n) is 11.8. The molecule has 0 unspecified atom stereocenters. The standard InChI is InChI=1S/C15H21ClN2O2/c1-20-11-9-14-4-2-3-10-18(14)15(19)17-13-7-5-12(16)6-8-13/h5-8,14H,2-4,9-11H2,1H3,(H,17,19)/t14-/m0/s1. The van der Waals surface area contributed by atoms with E-state index in [0.717, 1.165) is 31.5 Å². The summed E-state index contributed by atoms with van der Waals surface area (Å²) in [4.78, 5) is 14.3. The summed E-state index contributed by atoms with van der Waals surface area (Å²) in [6, 6.07) is 7.41. The van der Waals surface area contributed by atoms with Crippen LogP contribution < -0.4 is 5.32 Å². The normalized spacial score (nSPS) is 18.9. The van der Waals surface area contributed by atoms with E-state index in [0.29, 0.717) is 11.6 Å². The molecule has 0 aliphatic carbocycles. The molecule has 1 saturated heterocycles. The average Bonchev–Trinajstić information content (AvgIpc) is 2.47. The fourth-order valence-corrected chi connectivity index (χ4v) is 2.68. The minimum absolute atomic E-state index is 0.0341. The fraction of sp³-hybridized carbons (Fsp3) is 0.533. The summed E-state index contributed by atoms with van der Waals surface area (Å²) in [5.41, 5.74) is 0.774. The van der Waals surface area contributed by atoms with Crippen LogP contribution in [0.25, 0.3) is 0 Å². The second kappa shape index (κ2) is 7.50. The highest BCUT2D eigenvalue weighted by Crippen LogP contribution is 2.21. The summed E-state index contributed by atoms with van der Waals surface area (Å²) >= 11 is 5.84. The Balaban J connectivity index is 1.96. The first-order chi connectivity index (χ1) is 9.70. The number of likely N-dealkylation sites (tertiary alicyclic amines) is 1. The predicted molar refractivity (Wildman–Crippen MR) is 81.3 cm³/mol. The lowest BCUT2D eigenvalue weighted by Gasteiger charge is -2.35. The van der Waals surface area contributed by atoms with E-state index in [4.69, 9.17) is 16.3 Å². The highest BCUT2D eigenvalue weighted by molar-refractivity contribution is 6.30. The molecule has 1 aliphatic rings. The number of rotatable bonds is 4. The Labute approximate surface area is 125 Å². The summed E-state index contributed by atoms with van der Waals surface area (Å²) in [5.74, 6) is 0. The number of nitrogens with zero attached hydrogens (tertiary/aromatic N) is 1. The third-order valence-corrected chi connectivity index (χ3v) is 3.89. The number of ether oxygens (including phenoxy) is 1. The number of anilines is 1. The van der Waals surface area contributed by atoms with Gasteiger partial charge < -0.3 is 15.0 Å². The van der Waals surface area contributed by atoms with Crippen LogP contribution in [0.4, 0.5) is 10.5 Å². The molecular formula is C15H21ClN2O2. The number of piperidine rings is 1. The van der Waals surface area contributed by atoms with Gasteiger partial charge in [0.1, 0.15) is 0 Å². The quantitative estimate of drug-likeness (QED) is 0.919. The van der Waals surface area contributed by atoms with E-state index < -0.39 is 0 Å². The van der Waals surface area contributed by atoms with Crippen LogP contribution in [0.5, 0.6) is 0 Å². The molecule has 2 amide bonds. The minimum atomic E-state index is -0.0341. The van der Waals surface area contributed by atoms with Crippen LogP contribution >= 0.6 is 11.6 Å². The number of halogens is 1. The van der Waals surface area contributed by atoms with Crippen LogP contribution in [0.3, 0.4) is 0 Å². The molecule has 1 atom stereocenters. The van der Waals surface area contributed by atoms with Crippen LogP contribution in [-0.4, -0.2) is 37.2 Å². The molecule has 4 nitrogen and oxygen atoms in total. The molecule has 1 heterocycles. The Morgan fingerprint density at radius 2 is 2.15 bits per heavy atom. The molecule has 1 aromatic carbocycles. The largest absolute Gasteiger partial charge is 0.385 e. The van der Waals surface area contributed by atoms with Gasteiger partial charge in [0.15, 0.2) is 0 Å². The van der Waals surface area contributed by atoms with Crippen LogP contribution in [0.1, 0.15) is 25.7 Å². The Morgan fingerprint density at radius 3 is 2.85 bits per heavy atom. The number of hydrogen-bond acceptors (Lipinski definition) is 2. The fourth-order valence-electron chi connectivity index (χ4n) is 2.55. The Bertz CT molecular complexity index is 436. The number of hydrogen-bond donors (Lipinski definition) is 1. The van der Waals surface area contributed by atoms with Gasteiger partial charge in [0, 0.05) is 37.0 Å². The number of methoxy groups -OCH3 is 1. The number of carbonyl (C=O) groups is 1. The molecule has 5 heteroatoms. The molecule has 0 saturated carbocycles. The molecule has 1 aromatic rings. The highest BCUT2D eigenvalue weighted by Gasteiger charge is 2.26. The maximum atomic E-state index is 12.4. The van der Waals surface area contributed by atoms with Crippen LogP contribution in [-0.2, 0) is 4.74 Å². The summed E-state index contributed by atoms with van der Waals surface area (Å²) in [6.45, 7) is 1.50. The zero-order chi connectivity index (χ0) is 14.4. The van der Waals surface area contributed by atoms with E-state index in [1.165, 1.54) is 6.42 Å². The van der Waals surface area contributed by atoms with Crippen molar-refractivity contribution in [3.63, 3.8) is 0 Å². The molecule has 110 valence electrons. The second-order valence-electron chi connectivity index (χ2n) is 5.06. The van der Waals surface area contributed by atoms with Gasteiger partial charge >= 0.3 is 6.03 Å². The summed E-state index contributed by atoms with van der Waals surface area (Å²) in [7, 11) is 1.70. The molecule has 1 fully saturated rings. The van der Waals surface area contributed by atoms with Gasteiger partial charge in [-0.2, -0.15) is 0 Å². The number of benzene rings is 1. The smallest absolute Gasteiger partial charge is 0.322 e. The lowest BCUT2D eigenvalue weighted by molar-refractivity contribution is 0.123. The summed E-state index contributed by atoms with van der Waals surface area (Å²) < 4.78 is 5.13. The van der Waals surface area contributed by atoms with Crippen molar-refractivity contribution in [3.8, 4) is 0 Å². The molecular weight excluding hydrogens is 276 g/mol. The van der Waals surface area contributed by atoms with Crippen molar-refractivity contribution in [3.05, 3.63) is 29.3 Å². The molecule has 20 heavy (non-hydrogen) atoms. The van der Waals surface area contributed by atoms with Crippen molar-refractivity contribution >= 4 is 23.3 Å². The first kappa shape index (κ1) is 15.1. The molecule has 0 aromatic heterocycles. The van der Waals surface area contributed by atoms with Crippen molar-refractivity contribution in [1.29, 1.82) is 0 Å². The van der Waals surface area contributed by atoms with Gasteiger partial charge in [0.25, 0.3) is 0 Å².